The molecule has 100 valence electrons. The largest absolute Gasteiger partial charge is 0.504 e. The second kappa shape index (κ2) is 6.07. The first-order valence-corrected chi connectivity index (χ1v) is 6.54. The first kappa shape index (κ1) is 13.2. The molecule has 4 nitrogen and oxygen atoms in total. The zero-order chi connectivity index (χ0) is 13.0. The van der Waals surface area contributed by atoms with Gasteiger partial charge in [-0.2, -0.15) is 0 Å². The number of aromatic hydroxyl groups is 1. The van der Waals surface area contributed by atoms with Crippen LogP contribution in [0.4, 0.5) is 0 Å². The summed E-state index contributed by atoms with van der Waals surface area (Å²) < 4.78 is 5.33. The Balaban J connectivity index is 1.82. The van der Waals surface area contributed by atoms with E-state index in [1.807, 2.05) is 19.1 Å². The number of ether oxygens (including phenoxy) is 1. The highest BCUT2D eigenvalue weighted by Crippen LogP contribution is 2.32. The zero-order valence-electron chi connectivity index (χ0n) is 10.7. The standard InChI is InChI=1S/C14H21NO3/c1-2-18-14-7-10(3-6-12(14)16)8-15-9-13(17)11-4-5-11/h3,6-7,11,13,15-17H,2,4-5,8-9H2,1H3. The van der Waals surface area contributed by atoms with Crippen molar-refractivity contribution in [2.75, 3.05) is 13.2 Å². The maximum atomic E-state index is 9.72. The molecule has 0 heterocycles. The summed E-state index contributed by atoms with van der Waals surface area (Å²) in [6.45, 7) is 3.71. The number of hydrogen-bond acceptors (Lipinski definition) is 4. The van der Waals surface area contributed by atoms with Crippen LogP contribution in [0.5, 0.6) is 11.5 Å². The number of aliphatic hydroxyl groups is 1. The highest BCUT2D eigenvalue weighted by atomic mass is 16.5. The first-order chi connectivity index (χ1) is 8.70. The van der Waals surface area contributed by atoms with E-state index in [0.717, 1.165) is 18.4 Å². The minimum atomic E-state index is -0.228. The van der Waals surface area contributed by atoms with E-state index in [0.29, 0.717) is 31.4 Å². The van der Waals surface area contributed by atoms with Crippen LogP contribution in [0.1, 0.15) is 25.3 Å². The van der Waals surface area contributed by atoms with Gasteiger partial charge in [-0.15, -0.1) is 0 Å². The van der Waals surface area contributed by atoms with Crippen LogP contribution in [0.15, 0.2) is 18.2 Å². The van der Waals surface area contributed by atoms with Crippen molar-refractivity contribution >= 4 is 0 Å². The van der Waals surface area contributed by atoms with E-state index < -0.39 is 0 Å². The van der Waals surface area contributed by atoms with Gasteiger partial charge in [-0.3, -0.25) is 0 Å². The third-order valence-electron chi connectivity index (χ3n) is 3.17. The molecule has 1 fully saturated rings. The molecule has 1 aliphatic carbocycles. The van der Waals surface area contributed by atoms with Crippen molar-refractivity contribution in [2.24, 2.45) is 5.92 Å². The Labute approximate surface area is 108 Å². The van der Waals surface area contributed by atoms with Crippen molar-refractivity contribution in [1.29, 1.82) is 0 Å². The van der Waals surface area contributed by atoms with Gasteiger partial charge < -0.3 is 20.3 Å². The number of phenolic OH excluding ortho intramolecular Hbond substituents is 1. The zero-order valence-corrected chi connectivity index (χ0v) is 10.7. The van der Waals surface area contributed by atoms with Crippen molar-refractivity contribution in [2.45, 2.75) is 32.4 Å². The molecule has 4 heteroatoms. The van der Waals surface area contributed by atoms with Gasteiger partial charge in [0.25, 0.3) is 0 Å². The summed E-state index contributed by atoms with van der Waals surface area (Å²) in [5.41, 5.74) is 1.04. The second-order valence-corrected chi connectivity index (χ2v) is 4.77. The van der Waals surface area contributed by atoms with E-state index in [9.17, 15) is 10.2 Å². The lowest BCUT2D eigenvalue weighted by Gasteiger charge is -2.12. The Kier molecular flexibility index (Phi) is 4.44. The number of rotatable bonds is 7. The molecule has 0 spiro atoms. The van der Waals surface area contributed by atoms with Crippen LogP contribution in [-0.4, -0.2) is 29.5 Å². The Morgan fingerprint density at radius 3 is 2.89 bits per heavy atom. The van der Waals surface area contributed by atoms with Gasteiger partial charge in [0.2, 0.25) is 0 Å². The number of phenols is 1. The Hall–Kier alpha value is -1.26. The third kappa shape index (κ3) is 3.62. The summed E-state index contributed by atoms with van der Waals surface area (Å²) in [5, 5.41) is 22.5. The van der Waals surface area contributed by atoms with E-state index in [1.54, 1.807) is 6.07 Å². The average Bonchev–Trinajstić information content (AvgIpc) is 3.17. The number of aliphatic hydroxyl groups excluding tert-OH is 1. The number of hydrogen-bond donors (Lipinski definition) is 3. The summed E-state index contributed by atoms with van der Waals surface area (Å²) in [6.07, 6.45) is 2.07. The van der Waals surface area contributed by atoms with Crippen molar-refractivity contribution in [1.82, 2.24) is 5.32 Å². The molecule has 1 atom stereocenters. The molecule has 0 aliphatic heterocycles. The van der Waals surface area contributed by atoms with Crippen LogP contribution >= 0.6 is 0 Å². The summed E-state index contributed by atoms with van der Waals surface area (Å²) in [4.78, 5) is 0. The molecule has 1 aromatic carbocycles. The molecular formula is C14H21NO3. The summed E-state index contributed by atoms with van der Waals surface area (Å²) >= 11 is 0. The van der Waals surface area contributed by atoms with Gasteiger partial charge in [0.15, 0.2) is 11.5 Å². The molecule has 18 heavy (non-hydrogen) atoms. The maximum Gasteiger partial charge on any atom is 0.161 e. The molecule has 0 amide bonds. The third-order valence-corrected chi connectivity index (χ3v) is 3.17. The summed E-state index contributed by atoms with van der Waals surface area (Å²) in [5.74, 6) is 1.18. The van der Waals surface area contributed by atoms with E-state index in [2.05, 4.69) is 5.32 Å². The molecule has 1 aromatic rings. The smallest absolute Gasteiger partial charge is 0.161 e. The van der Waals surface area contributed by atoms with Gasteiger partial charge >= 0.3 is 0 Å². The molecule has 0 radical (unpaired) electrons. The fraction of sp³-hybridized carbons (Fsp3) is 0.571. The highest BCUT2D eigenvalue weighted by molar-refractivity contribution is 5.41. The predicted molar refractivity (Wildman–Crippen MR) is 69.7 cm³/mol. The van der Waals surface area contributed by atoms with Gasteiger partial charge in [0.05, 0.1) is 12.7 Å². The molecule has 2 rings (SSSR count). The average molecular weight is 251 g/mol. The van der Waals surface area contributed by atoms with Gasteiger partial charge in [0, 0.05) is 13.1 Å². The monoisotopic (exact) mass is 251 g/mol. The van der Waals surface area contributed by atoms with E-state index in [-0.39, 0.29) is 11.9 Å². The van der Waals surface area contributed by atoms with Crippen LogP contribution in [0.2, 0.25) is 0 Å². The minimum absolute atomic E-state index is 0.165. The van der Waals surface area contributed by atoms with Crippen LogP contribution in [0, 0.1) is 5.92 Å². The molecule has 0 saturated heterocycles. The fourth-order valence-corrected chi connectivity index (χ4v) is 1.95. The van der Waals surface area contributed by atoms with Gasteiger partial charge in [-0.05, 0) is 43.4 Å². The number of nitrogens with one attached hydrogen (secondary N) is 1. The van der Waals surface area contributed by atoms with Crippen molar-refractivity contribution < 1.29 is 14.9 Å². The van der Waals surface area contributed by atoms with Gasteiger partial charge in [-0.1, -0.05) is 6.07 Å². The second-order valence-electron chi connectivity index (χ2n) is 4.77. The maximum absolute atomic E-state index is 9.72. The molecular weight excluding hydrogens is 230 g/mol. The van der Waals surface area contributed by atoms with Crippen LogP contribution < -0.4 is 10.1 Å². The van der Waals surface area contributed by atoms with Gasteiger partial charge in [0.1, 0.15) is 0 Å². The molecule has 1 saturated carbocycles. The molecule has 0 bridgehead atoms. The van der Waals surface area contributed by atoms with E-state index in [4.69, 9.17) is 4.74 Å². The normalized spacial score (nSPS) is 16.6. The summed E-state index contributed by atoms with van der Waals surface area (Å²) in [7, 11) is 0. The van der Waals surface area contributed by atoms with Crippen LogP contribution in [0.3, 0.4) is 0 Å². The summed E-state index contributed by atoms with van der Waals surface area (Å²) in [6, 6.07) is 5.32. The van der Waals surface area contributed by atoms with Crippen molar-refractivity contribution in [3.63, 3.8) is 0 Å². The SMILES string of the molecule is CCOc1cc(CNCC(O)C2CC2)ccc1O. The van der Waals surface area contributed by atoms with Gasteiger partial charge in [-0.25, -0.2) is 0 Å². The molecule has 1 unspecified atom stereocenters. The number of benzene rings is 1. The highest BCUT2D eigenvalue weighted by Gasteiger charge is 2.28. The lowest BCUT2D eigenvalue weighted by molar-refractivity contribution is 0.148. The Morgan fingerprint density at radius 1 is 1.44 bits per heavy atom. The minimum Gasteiger partial charge on any atom is -0.504 e. The quantitative estimate of drug-likeness (QED) is 0.689. The first-order valence-electron chi connectivity index (χ1n) is 6.54. The van der Waals surface area contributed by atoms with Crippen LogP contribution in [-0.2, 0) is 6.54 Å². The molecule has 1 aliphatic rings. The Bertz CT molecular complexity index is 391. The lowest BCUT2D eigenvalue weighted by Crippen LogP contribution is -2.27. The van der Waals surface area contributed by atoms with E-state index >= 15 is 0 Å². The Morgan fingerprint density at radius 2 is 2.22 bits per heavy atom. The topological polar surface area (TPSA) is 61.7 Å². The van der Waals surface area contributed by atoms with Crippen molar-refractivity contribution in [3.8, 4) is 11.5 Å². The molecule has 0 aromatic heterocycles. The predicted octanol–water partition coefficient (Wildman–Crippen LogP) is 1.65. The lowest BCUT2D eigenvalue weighted by atomic mass is 10.2. The van der Waals surface area contributed by atoms with Crippen LogP contribution in [0.25, 0.3) is 0 Å². The van der Waals surface area contributed by atoms with E-state index in [1.165, 1.54) is 0 Å². The van der Waals surface area contributed by atoms with Crippen molar-refractivity contribution in [3.05, 3.63) is 23.8 Å². The molecule has 3 N–H and O–H groups in total. The fourth-order valence-electron chi connectivity index (χ4n) is 1.95.